The predicted octanol–water partition coefficient (Wildman–Crippen LogP) is 2.66. The molecule has 0 aromatic heterocycles. The first-order chi connectivity index (χ1) is 12.0. The lowest BCUT2D eigenvalue weighted by Gasteiger charge is -2.19. The van der Waals surface area contributed by atoms with E-state index in [4.69, 9.17) is 10.5 Å². The number of ether oxygens (including phenoxy) is 1. The number of aliphatic hydroxyl groups is 1. The van der Waals surface area contributed by atoms with Gasteiger partial charge in [0.25, 0.3) is 0 Å². The fourth-order valence-corrected chi connectivity index (χ4v) is 2.96. The lowest BCUT2D eigenvalue weighted by molar-refractivity contribution is 0.158. The number of aliphatic hydroxyl groups excluding tert-OH is 1. The van der Waals surface area contributed by atoms with E-state index in [1.54, 1.807) is 0 Å². The van der Waals surface area contributed by atoms with E-state index in [1.165, 1.54) is 0 Å². The van der Waals surface area contributed by atoms with Crippen molar-refractivity contribution < 1.29 is 9.84 Å². The molecule has 0 amide bonds. The number of likely N-dealkylation sites (N-methyl/N-ethyl adjacent to an activating group) is 1. The molecule has 0 saturated carbocycles. The molecule has 2 atom stereocenters. The molecule has 2 aromatic rings. The molecule has 5 heteroatoms. The summed E-state index contributed by atoms with van der Waals surface area (Å²) in [6.07, 6.45) is 0.129. The summed E-state index contributed by atoms with van der Waals surface area (Å²) in [5.41, 5.74) is 9.01. The van der Waals surface area contributed by atoms with E-state index in [0.717, 1.165) is 34.9 Å². The number of nitrogens with zero attached hydrogens (tertiary/aromatic N) is 2. The Morgan fingerprint density at radius 1 is 1.28 bits per heavy atom. The highest BCUT2D eigenvalue weighted by molar-refractivity contribution is 5.82. The molecule has 25 heavy (non-hydrogen) atoms. The number of aliphatic imine (C=N–C) groups is 1. The number of fused-ring (bicyclic) bond motifs is 1. The Labute approximate surface area is 148 Å². The van der Waals surface area contributed by atoms with E-state index in [9.17, 15) is 5.11 Å². The number of benzene rings is 2. The molecule has 0 spiro atoms. The van der Waals surface area contributed by atoms with Crippen LogP contribution in [-0.2, 0) is 6.42 Å². The van der Waals surface area contributed by atoms with Crippen LogP contribution in [0.5, 0.6) is 5.75 Å². The van der Waals surface area contributed by atoms with Gasteiger partial charge in [-0.15, -0.1) is 0 Å². The van der Waals surface area contributed by atoms with Crippen LogP contribution in [0.1, 0.15) is 24.1 Å². The number of para-hydroxylation sites is 1. The van der Waals surface area contributed by atoms with Gasteiger partial charge in [0.15, 0.2) is 0 Å². The lowest BCUT2D eigenvalue weighted by Crippen LogP contribution is -2.28. The summed E-state index contributed by atoms with van der Waals surface area (Å²) >= 11 is 0. The number of rotatable bonds is 5. The Balaban J connectivity index is 1.59. The van der Waals surface area contributed by atoms with Crippen molar-refractivity contribution >= 4 is 11.5 Å². The minimum Gasteiger partial charge on any atom is -0.492 e. The molecule has 2 aromatic carbocycles. The van der Waals surface area contributed by atoms with E-state index < -0.39 is 6.10 Å². The zero-order valence-electron chi connectivity index (χ0n) is 14.7. The predicted molar refractivity (Wildman–Crippen MR) is 100 cm³/mol. The maximum atomic E-state index is 9.89. The van der Waals surface area contributed by atoms with Gasteiger partial charge in [-0.05, 0) is 42.3 Å². The minimum atomic E-state index is -0.492. The SMILES string of the molecule is CC(=Nc1ccc2c(c1)[C@@H](N)[C@H](O)C2)N(C)CCOc1ccccc1. The summed E-state index contributed by atoms with van der Waals surface area (Å²) in [5.74, 6) is 1.78. The molecule has 132 valence electrons. The van der Waals surface area contributed by atoms with Crippen LogP contribution >= 0.6 is 0 Å². The lowest BCUT2D eigenvalue weighted by atomic mass is 10.1. The van der Waals surface area contributed by atoms with Gasteiger partial charge in [-0.3, -0.25) is 0 Å². The summed E-state index contributed by atoms with van der Waals surface area (Å²) in [7, 11) is 2.00. The summed E-state index contributed by atoms with van der Waals surface area (Å²) < 4.78 is 5.72. The van der Waals surface area contributed by atoms with Crippen LogP contribution in [-0.4, -0.2) is 42.1 Å². The molecule has 0 fully saturated rings. The molecule has 0 unspecified atom stereocenters. The number of nitrogens with two attached hydrogens (primary N) is 1. The van der Waals surface area contributed by atoms with Gasteiger partial charge in [0.2, 0.25) is 0 Å². The molecule has 0 radical (unpaired) electrons. The second-order valence-corrected chi connectivity index (χ2v) is 6.42. The van der Waals surface area contributed by atoms with E-state index in [-0.39, 0.29) is 6.04 Å². The zero-order chi connectivity index (χ0) is 17.8. The Morgan fingerprint density at radius 2 is 2.04 bits per heavy atom. The average molecular weight is 339 g/mol. The van der Waals surface area contributed by atoms with Gasteiger partial charge in [0, 0.05) is 13.5 Å². The standard InChI is InChI=1S/C20H25N3O2/c1-14(23(2)10-11-25-17-6-4-3-5-7-17)22-16-9-8-15-12-19(24)20(21)18(15)13-16/h3-9,13,19-20,24H,10-12,21H2,1-2H3/t19-,20-/m1/s1. The highest BCUT2D eigenvalue weighted by Gasteiger charge is 2.27. The Kier molecular flexibility index (Phi) is 5.36. The maximum Gasteiger partial charge on any atom is 0.119 e. The van der Waals surface area contributed by atoms with Gasteiger partial charge in [-0.25, -0.2) is 4.99 Å². The highest BCUT2D eigenvalue weighted by Crippen LogP contribution is 2.32. The van der Waals surface area contributed by atoms with Crippen LogP contribution < -0.4 is 10.5 Å². The first-order valence-electron chi connectivity index (χ1n) is 8.55. The molecule has 0 heterocycles. The van der Waals surface area contributed by atoms with Crippen LogP contribution in [0.4, 0.5) is 5.69 Å². The van der Waals surface area contributed by atoms with Crippen LogP contribution in [0.25, 0.3) is 0 Å². The molecule has 0 aliphatic heterocycles. The van der Waals surface area contributed by atoms with Crippen molar-refractivity contribution in [2.45, 2.75) is 25.5 Å². The van der Waals surface area contributed by atoms with Crippen molar-refractivity contribution in [2.24, 2.45) is 10.7 Å². The molecule has 5 nitrogen and oxygen atoms in total. The number of hydrogen-bond acceptors (Lipinski definition) is 4. The largest absolute Gasteiger partial charge is 0.492 e. The third-order valence-corrected chi connectivity index (χ3v) is 4.61. The van der Waals surface area contributed by atoms with Crippen LogP contribution in [0.15, 0.2) is 53.5 Å². The summed E-state index contributed by atoms with van der Waals surface area (Å²) in [6, 6.07) is 15.4. The molecule has 0 saturated heterocycles. The number of hydrogen-bond donors (Lipinski definition) is 2. The third-order valence-electron chi connectivity index (χ3n) is 4.61. The van der Waals surface area contributed by atoms with Crippen LogP contribution in [0.3, 0.4) is 0 Å². The van der Waals surface area contributed by atoms with Crippen molar-refractivity contribution in [1.82, 2.24) is 4.90 Å². The van der Waals surface area contributed by atoms with Crippen molar-refractivity contribution in [2.75, 3.05) is 20.2 Å². The first-order valence-corrected chi connectivity index (χ1v) is 8.55. The summed E-state index contributed by atoms with van der Waals surface area (Å²) in [6.45, 7) is 3.31. The topological polar surface area (TPSA) is 71.1 Å². The Morgan fingerprint density at radius 3 is 2.80 bits per heavy atom. The molecule has 1 aliphatic carbocycles. The normalized spacial score (nSPS) is 19.6. The van der Waals surface area contributed by atoms with Crippen molar-refractivity contribution in [3.8, 4) is 5.75 Å². The first kappa shape index (κ1) is 17.5. The Bertz CT molecular complexity index is 746. The van der Waals surface area contributed by atoms with E-state index in [2.05, 4.69) is 9.89 Å². The molecular formula is C20H25N3O2. The smallest absolute Gasteiger partial charge is 0.119 e. The van der Waals surface area contributed by atoms with Crippen molar-refractivity contribution in [3.63, 3.8) is 0 Å². The van der Waals surface area contributed by atoms with E-state index in [1.807, 2.05) is 62.5 Å². The molecule has 3 rings (SSSR count). The van der Waals surface area contributed by atoms with E-state index >= 15 is 0 Å². The van der Waals surface area contributed by atoms with Gasteiger partial charge in [-0.2, -0.15) is 0 Å². The van der Waals surface area contributed by atoms with Gasteiger partial charge in [0.1, 0.15) is 18.2 Å². The second kappa shape index (κ2) is 7.68. The maximum absolute atomic E-state index is 9.89. The zero-order valence-corrected chi connectivity index (χ0v) is 14.7. The molecular weight excluding hydrogens is 314 g/mol. The monoisotopic (exact) mass is 339 g/mol. The quantitative estimate of drug-likeness (QED) is 0.649. The van der Waals surface area contributed by atoms with Crippen molar-refractivity contribution in [1.29, 1.82) is 0 Å². The fraction of sp³-hybridized carbons (Fsp3) is 0.350. The highest BCUT2D eigenvalue weighted by atomic mass is 16.5. The van der Waals surface area contributed by atoms with E-state index in [0.29, 0.717) is 13.0 Å². The number of amidine groups is 1. The van der Waals surface area contributed by atoms with Crippen LogP contribution in [0.2, 0.25) is 0 Å². The van der Waals surface area contributed by atoms with Gasteiger partial charge < -0.3 is 20.5 Å². The molecule has 0 bridgehead atoms. The van der Waals surface area contributed by atoms with Gasteiger partial charge in [0.05, 0.1) is 24.4 Å². The fourth-order valence-electron chi connectivity index (χ4n) is 2.96. The summed E-state index contributed by atoms with van der Waals surface area (Å²) in [4.78, 5) is 6.73. The minimum absolute atomic E-state index is 0.317. The average Bonchev–Trinajstić information content (AvgIpc) is 2.90. The Hall–Kier alpha value is -2.37. The van der Waals surface area contributed by atoms with Gasteiger partial charge >= 0.3 is 0 Å². The second-order valence-electron chi connectivity index (χ2n) is 6.42. The van der Waals surface area contributed by atoms with Crippen molar-refractivity contribution in [3.05, 3.63) is 59.7 Å². The molecule has 3 N–H and O–H groups in total. The summed E-state index contributed by atoms with van der Waals surface area (Å²) in [5, 5.41) is 9.89. The van der Waals surface area contributed by atoms with Crippen LogP contribution in [0, 0.1) is 0 Å². The van der Waals surface area contributed by atoms with Gasteiger partial charge in [-0.1, -0.05) is 24.3 Å². The third kappa shape index (κ3) is 4.18. The molecule has 1 aliphatic rings.